The Morgan fingerprint density at radius 3 is 2.15 bits per heavy atom. The van der Waals surface area contributed by atoms with Crippen LogP contribution in [-0.2, 0) is 53.9 Å². The van der Waals surface area contributed by atoms with Crippen LogP contribution < -0.4 is 10.2 Å². The zero-order valence-electron chi connectivity index (χ0n) is 34.2. The molecule has 4 aromatic rings. The number of rotatable bonds is 5. The summed E-state index contributed by atoms with van der Waals surface area (Å²) in [5.74, 6) is -0.953. The molecule has 2 fully saturated rings. The molecule has 1 atom stereocenters. The summed E-state index contributed by atoms with van der Waals surface area (Å²) >= 11 is 0. The van der Waals surface area contributed by atoms with Gasteiger partial charge in [0, 0.05) is 87.3 Å². The van der Waals surface area contributed by atoms with Crippen LogP contribution in [0.1, 0.15) is 125 Å². The van der Waals surface area contributed by atoms with E-state index >= 15 is 0 Å². The van der Waals surface area contributed by atoms with Gasteiger partial charge in [-0.2, -0.15) is 10.2 Å². The summed E-state index contributed by atoms with van der Waals surface area (Å²) < 4.78 is 32.6. The number of imide groups is 2. The summed E-state index contributed by atoms with van der Waals surface area (Å²) in [6.07, 6.45) is 9.56. The molecule has 0 spiro atoms. The van der Waals surface area contributed by atoms with Gasteiger partial charge in [-0.1, -0.05) is 19.3 Å². The second kappa shape index (κ2) is 15.7. The molecule has 1 saturated carbocycles. The van der Waals surface area contributed by atoms with Crippen LogP contribution in [0.5, 0.6) is 0 Å². The van der Waals surface area contributed by atoms with Crippen molar-refractivity contribution in [2.45, 2.75) is 109 Å². The van der Waals surface area contributed by atoms with Gasteiger partial charge in [-0.25, -0.2) is 8.78 Å². The molecule has 2 aromatic carbocycles. The number of aryl methyl sites for hydroxylation is 2. The van der Waals surface area contributed by atoms with Gasteiger partial charge in [0.25, 0.3) is 18.2 Å². The largest absolute Gasteiger partial charge is 0.338 e. The van der Waals surface area contributed by atoms with Crippen molar-refractivity contribution in [1.82, 2.24) is 39.6 Å². The van der Waals surface area contributed by atoms with Crippen LogP contribution in [0, 0.1) is 0 Å². The number of anilines is 2. The third-order valence-corrected chi connectivity index (χ3v) is 12.9. The Kier molecular flexibility index (Phi) is 10.4. The lowest BCUT2D eigenvalue weighted by Gasteiger charge is -2.33. The molecule has 1 saturated heterocycles. The Hall–Kier alpha value is -5.77. The molecule has 16 heteroatoms. The van der Waals surface area contributed by atoms with Gasteiger partial charge in [0.15, 0.2) is 5.82 Å². The van der Waals surface area contributed by atoms with Crippen LogP contribution in [0.3, 0.4) is 0 Å². The van der Waals surface area contributed by atoms with Crippen LogP contribution in [0.25, 0.3) is 11.1 Å². The number of halogens is 2. The molecule has 1 aliphatic carbocycles. The van der Waals surface area contributed by atoms with Gasteiger partial charge < -0.3 is 9.80 Å². The first kappa shape index (κ1) is 39.7. The molecule has 0 radical (unpaired) electrons. The zero-order chi connectivity index (χ0) is 42.0. The molecule has 2 aromatic heterocycles. The molecule has 1 N–H and O–H groups in total. The zero-order valence-corrected chi connectivity index (χ0v) is 34.2. The van der Waals surface area contributed by atoms with E-state index in [1.54, 1.807) is 49.2 Å². The second-order valence-electron chi connectivity index (χ2n) is 17.0. The van der Waals surface area contributed by atoms with E-state index in [4.69, 9.17) is 5.10 Å². The Labute approximate surface area is 346 Å². The lowest BCUT2D eigenvalue weighted by molar-refractivity contribution is -0.136. The topological polar surface area (TPSA) is 146 Å². The van der Waals surface area contributed by atoms with Crippen LogP contribution in [-0.4, -0.2) is 90.0 Å². The molecular formula is C44H49F2N9O5. The number of piperidine rings is 1. The van der Waals surface area contributed by atoms with Crippen LogP contribution in [0.2, 0.25) is 0 Å². The van der Waals surface area contributed by atoms with Crippen molar-refractivity contribution in [3.05, 3.63) is 81.3 Å². The van der Waals surface area contributed by atoms with Gasteiger partial charge in [0.2, 0.25) is 17.7 Å². The Morgan fingerprint density at radius 2 is 1.52 bits per heavy atom. The number of aromatic nitrogens is 4. The summed E-state index contributed by atoms with van der Waals surface area (Å²) in [4.78, 5) is 67.9. The van der Waals surface area contributed by atoms with E-state index in [2.05, 4.69) is 24.9 Å². The summed E-state index contributed by atoms with van der Waals surface area (Å²) in [5.41, 5.74) is 8.21. The molecule has 5 amide bonds. The number of nitrogens with one attached hydrogen (secondary N) is 1. The smallest absolute Gasteiger partial charge is 0.264 e. The first-order valence-corrected chi connectivity index (χ1v) is 21.0. The number of nitrogens with zero attached hydrogens (tertiary/aromatic N) is 8. The van der Waals surface area contributed by atoms with E-state index in [1.165, 1.54) is 25.0 Å². The SMILES string of the molecule is CC(=O)N1CCc2c(c(N3CCCc4cc(-c5cnn(C)c5)c(C(F)F)cc43)nn2C2CCCCC2)C1.CN1Cc2cc3c(cc2C1)C(=O)N(C1CCC(=O)NC1=O)C3=O. The molecular weight excluding hydrogens is 773 g/mol. The monoisotopic (exact) mass is 821 g/mol. The highest BCUT2D eigenvalue weighted by molar-refractivity contribution is 6.23. The summed E-state index contributed by atoms with van der Waals surface area (Å²) in [6.45, 7) is 5.03. The van der Waals surface area contributed by atoms with E-state index in [0.717, 1.165) is 90.4 Å². The summed E-state index contributed by atoms with van der Waals surface area (Å²) in [5, 5.41) is 11.6. The fraction of sp³-hybridized carbons (Fsp3) is 0.477. The van der Waals surface area contributed by atoms with Crippen molar-refractivity contribution in [3.63, 3.8) is 0 Å². The number of benzene rings is 2. The number of carbonyl (C=O) groups is 5. The predicted octanol–water partition coefficient (Wildman–Crippen LogP) is 5.75. The van der Waals surface area contributed by atoms with Gasteiger partial charge in [-0.3, -0.25) is 48.5 Å². The molecule has 6 aliphatic rings. The van der Waals surface area contributed by atoms with Crippen LogP contribution >= 0.6 is 0 Å². The highest BCUT2D eigenvalue weighted by Gasteiger charge is 2.45. The van der Waals surface area contributed by atoms with Crippen molar-refractivity contribution < 1.29 is 32.8 Å². The van der Waals surface area contributed by atoms with Gasteiger partial charge in [0.05, 0.1) is 29.9 Å². The number of hydrogen-bond acceptors (Lipinski definition) is 9. The normalized spacial score (nSPS) is 20.5. The third kappa shape index (κ3) is 7.07. The van der Waals surface area contributed by atoms with E-state index in [-0.39, 0.29) is 30.2 Å². The lowest BCUT2D eigenvalue weighted by Crippen LogP contribution is -2.54. The maximum Gasteiger partial charge on any atom is 0.264 e. The number of amides is 5. The summed E-state index contributed by atoms with van der Waals surface area (Å²) in [7, 11) is 3.77. The molecule has 314 valence electrons. The predicted molar refractivity (Wildman–Crippen MR) is 216 cm³/mol. The molecule has 14 nitrogen and oxygen atoms in total. The van der Waals surface area contributed by atoms with Crippen molar-refractivity contribution in [3.8, 4) is 11.1 Å². The average molecular weight is 822 g/mol. The Morgan fingerprint density at radius 1 is 0.817 bits per heavy atom. The van der Waals surface area contributed by atoms with Crippen LogP contribution in [0.15, 0.2) is 36.7 Å². The molecule has 1 unspecified atom stereocenters. The number of hydrogen-bond donors (Lipinski definition) is 1. The van der Waals surface area contributed by atoms with Crippen molar-refractivity contribution in [2.75, 3.05) is 25.0 Å². The maximum absolute atomic E-state index is 14.4. The van der Waals surface area contributed by atoms with Gasteiger partial charge in [-0.15, -0.1) is 0 Å². The molecule has 0 bridgehead atoms. The number of carbonyl (C=O) groups excluding carboxylic acids is 5. The fourth-order valence-corrected chi connectivity index (χ4v) is 9.94. The lowest BCUT2D eigenvalue weighted by atomic mass is 9.92. The highest BCUT2D eigenvalue weighted by atomic mass is 19.3. The van der Waals surface area contributed by atoms with Gasteiger partial charge in [0.1, 0.15) is 6.04 Å². The standard InChI is InChI=1S/C28H34F2N6O.C16H15N3O4/c1-18(37)34-12-10-25-24(17-34)28(32-36(25)21-8-4-3-5-9-21)35-11-6-7-19-13-22(20-15-31-33(2)16-20)23(27(29)30)14-26(19)35;1-18-6-8-4-10-11(5-9(8)7-18)16(23)19(15(10)22)12-2-3-13(20)17-14(12)21/h13-16,21,27H,3-12,17H2,1-2H3;4-5,12H,2-3,6-7H2,1H3,(H,17,20,21). The minimum absolute atomic E-state index is 0.0181. The molecule has 10 rings (SSSR count). The first-order valence-electron chi connectivity index (χ1n) is 21.0. The fourth-order valence-electron chi connectivity index (χ4n) is 9.94. The van der Waals surface area contributed by atoms with E-state index < -0.39 is 30.2 Å². The molecule has 7 heterocycles. The maximum atomic E-state index is 14.4. The van der Waals surface area contributed by atoms with E-state index in [9.17, 15) is 32.8 Å². The van der Waals surface area contributed by atoms with Gasteiger partial charge >= 0.3 is 0 Å². The van der Waals surface area contributed by atoms with E-state index in [1.807, 2.05) is 18.0 Å². The number of alkyl halides is 2. The molecule has 60 heavy (non-hydrogen) atoms. The molecule has 5 aliphatic heterocycles. The van der Waals surface area contributed by atoms with E-state index in [0.29, 0.717) is 41.4 Å². The minimum atomic E-state index is -2.61. The quantitative estimate of drug-likeness (QED) is 0.249. The van der Waals surface area contributed by atoms with Crippen molar-refractivity contribution in [1.29, 1.82) is 0 Å². The number of fused-ring (bicyclic) bond motifs is 4. The van der Waals surface area contributed by atoms with Crippen LogP contribution in [0.4, 0.5) is 20.3 Å². The summed E-state index contributed by atoms with van der Waals surface area (Å²) in [6, 6.07) is 6.58. The minimum Gasteiger partial charge on any atom is -0.338 e. The Bertz CT molecular complexity index is 2390. The first-order chi connectivity index (χ1) is 28.9. The third-order valence-electron chi connectivity index (χ3n) is 12.9. The van der Waals surface area contributed by atoms with Crippen molar-refractivity contribution in [2.24, 2.45) is 7.05 Å². The van der Waals surface area contributed by atoms with Crippen molar-refractivity contribution >= 4 is 41.0 Å². The average Bonchev–Trinajstić information content (AvgIpc) is 4.00. The Balaban J connectivity index is 0.000000172. The second-order valence-corrected chi connectivity index (χ2v) is 17.0. The van der Waals surface area contributed by atoms with Gasteiger partial charge in [-0.05, 0) is 85.7 Å². The highest BCUT2D eigenvalue weighted by Crippen LogP contribution is 2.44.